The first-order valence-corrected chi connectivity index (χ1v) is 10.3. The van der Waals surface area contributed by atoms with Gasteiger partial charge in [0.2, 0.25) is 0 Å². The first-order chi connectivity index (χ1) is 14.6. The standard InChI is InChI=1S/C22H29N5O3/c1-3-24-22(25-10-9-17-6-4-7-18(16-17)20(28)23-2)27-13-11-26(12-14-27)21(29)19-8-5-15-30-19/h4-8,15-16H,3,9-14H2,1-2H3,(H,23,28)(H,24,25). The summed E-state index contributed by atoms with van der Waals surface area (Å²) in [7, 11) is 1.63. The van der Waals surface area contributed by atoms with Crippen molar-refractivity contribution in [1.82, 2.24) is 20.4 Å². The fourth-order valence-electron chi connectivity index (χ4n) is 3.41. The van der Waals surface area contributed by atoms with Gasteiger partial charge in [0.05, 0.1) is 6.26 Å². The predicted molar refractivity (Wildman–Crippen MR) is 116 cm³/mol. The van der Waals surface area contributed by atoms with E-state index in [1.165, 1.54) is 6.26 Å². The van der Waals surface area contributed by atoms with Crippen LogP contribution in [0, 0.1) is 0 Å². The third-order valence-corrected chi connectivity index (χ3v) is 5.01. The number of hydrogen-bond donors (Lipinski definition) is 2. The average molecular weight is 412 g/mol. The molecular formula is C22H29N5O3. The van der Waals surface area contributed by atoms with Gasteiger partial charge in [-0.05, 0) is 43.2 Å². The summed E-state index contributed by atoms with van der Waals surface area (Å²) in [6.07, 6.45) is 2.26. The number of guanidine groups is 1. The van der Waals surface area contributed by atoms with E-state index in [2.05, 4.69) is 15.5 Å². The molecule has 30 heavy (non-hydrogen) atoms. The molecule has 0 aliphatic carbocycles. The Balaban J connectivity index is 1.56. The van der Waals surface area contributed by atoms with Gasteiger partial charge < -0.3 is 24.9 Å². The molecule has 0 radical (unpaired) electrons. The minimum Gasteiger partial charge on any atom is -0.459 e. The van der Waals surface area contributed by atoms with Crippen LogP contribution < -0.4 is 10.6 Å². The fraction of sp³-hybridized carbons (Fsp3) is 0.409. The summed E-state index contributed by atoms with van der Waals surface area (Å²) in [4.78, 5) is 33.0. The zero-order valence-electron chi connectivity index (χ0n) is 17.6. The SMILES string of the molecule is CCNC(=NCCc1cccc(C(=O)NC)c1)N1CCN(C(=O)c2ccco2)CC1. The van der Waals surface area contributed by atoms with E-state index in [0.29, 0.717) is 44.0 Å². The lowest BCUT2D eigenvalue weighted by atomic mass is 10.1. The van der Waals surface area contributed by atoms with Gasteiger partial charge in [-0.2, -0.15) is 0 Å². The Bertz CT molecular complexity index is 871. The molecule has 1 fully saturated rings. The number of nitrogens with one attached hydrogen (secondary N) is 2. The van der Waals surface area contributed by atoms with Crippen LogP contribution in [0.4, 0.5) is 0 Å². The number of amides is 2. The van der Waals surface area contributed by atoms with Crippen molar-refractivity contribution in [2.24, 2.45) is 4.99 Å². The molecule has 8 nitrogen and oxygen atoms in total. The van der Waals surface area contributed by atoms with Crippen molar-refractivity contribution in [3.63, 3.8) is 0 Å². The van der Waals surface area contributed by atoms with E-state index in [9.17, 15) is 9.59 Å². The van der Waals surface area contributed by atoms with Crippen LogP contribution in [0.25, 0.3) is 0 Å². The van der Waals surface area contributed by atoms with Crippen LogP contribution in [0.5, 0.6) is 0 Å². The van der Waals surface area contributed by atoms with Gasteiger partial charge >= 0.3 is 0 Å². The van der Waals surface area contributed by atoms with Crippen molar-refractivity contribution in [1.29, 1.82) is 0 Å². The van der Waals surface area contributed by atoms with E-state index in [0.717, 1.165) is 24.5 Å². The molecule has 1 aliphatic heterocycles. The van der Waals surface area contributed by atoms with Crippen molar-refractivity contribution in [2.75, 3.05) is 46.3 Å². The summed E-state index contributed by atoms with van der Waals surface area (Å²) in [5.74, 6) is 1.07. The molecule has 0 unspecified atom stereocenters. The van der Waals surface area contributed by atoms with E-state index < -0.39 is 0 Å². The highest BCUT2D eigenvalue weighted by Crippen LogP contribution is 2.10. The van der Waals surface area contributed by atoms with Crippen molar-refractivity contribution < 1.29 is 14.0 Å². The van der Waals surface area contributed by atoms with Crippen LogP contribution in [0.15, 0.2) is 52.1 Å². The average Bonchev–Trinajstić information content (AvgIpc) is 3.33. The highest BCUT2D eigenvalue weighted by molar-refractivity contribution is 5.94. The van der Waals surface area contributed by atoms with Crippen LogP contribution >= 0.6 is 0 Å². The molecule has 0 saturated carbocycles. The lowest BCUT2D eigenvalue weighted by Gasteiger charge is -2.36. The molecular weight excluding hydrogens is 382 g/mol. The molecule has 1 aromatic carbocycles. The van der Waals surface area contributed by atoms with E-state index >= 15 is 0 Å². The molecule has 2 N–H and O–H groups in total. The molecule has 0 bridgehead atoms. The Morgan fingerprint density at radius 2 is 1.87 bits per heavy atom. The van der Waals surface area contributed by atoms with Gasteiger partial charge in [0.1, 0.15) is 0 Å². The van der Waals surface area contributed by atoms with Crippen molar-refractivity contribution in [3.8, 4) is 0 Å². The zero-order chi connectivity index (χ0) is 21.3. The highest BCUT2D eigenvalue weighted by Gasteiger charge is 2.25. The minimum absolute atomic E-state index is 0.0717. The lowest BCUT2D eigenvalue weighted by Crippen LogP contribution is -2.53. The van der Waals surface area contributed by atoms with Crippen molar-refractivity contribution in [3.05, 3.63) is 59.5 Å². The maximum atomic E-state index is 12.4. The number of carbonyl (C=O) groups excluding carboxylic acids is 2. The Kier molecular flexibility index (Phi) is 7.48. The molecule has 1 aliphatic rings. The summed E-state index contributed by atoms with van der Waals surface area (Å²) in [6.45, 7) is 6.10. The van der Waals surface area contributed by atoms with Crippen LogP contribution in [-0.4, -0.2) is 73.9 Å². The molecule has 3 rings (SSSR count). The van der Waals surface area contributed by atoms with Crippen LogP contribution in [0.2, 0.25) is 0 Å². The fourth-order valence-corrected chi connectivity index (χ4v) is 3.41. The Hall–Kier alpha value is -3.29. The molecule has 2 heterocycles. The topological polar surface area (TPSA) is 90.2 Å². The number of rotatable bonds is 6. The van der Waals surface area contributed by atoms with Gasteiger partial charge in [-0.1, -0.05) is 12.1 Å². The number of aliphatic imine (C=N–C) groups is 1. The van der Waals surface area contributed by atoms with Crippen LogP contribution in [0.1, 0.15) is 33.4 Å². The molecule has 8 heteroatoms. The molecule has 0 atom stereocenters. The van der Waals surface area contributed by atoms with Gasteiger partial charge in [0, 0.05) is 51.9 Å². The number of piperazine rings is 1. The van der Waals surface area contributed by atoms with Gasteiger partial charge in [-0.25, -0.2) is 0 Å². The third kappa shape index (κ3) is 5.40. The zero-order valence-corrected chi connectivity index (χ0v) is 17.6. The van der Waals surface area contributed by atoms with Crippen LogP contribution in [-0.2, 0) is 6.42 Å². The summed E-state index contributed by atoms with van der Waals surface area (Å²) >= 11 is 0. The number of benzene rings is 1. The number of nitrogens with zero attached hydrogens (tertiary/aromatic N) is 3. The second-order valence-corrected chi connectivity index (χ2v) is 7.02. The minimum atomic E-state index is -0.0874. The maximum absolute atomic E-state index is 12.4. The number of furan rings is 1. The molecule has 2 aromatic rings. The normalized spacial score (nSPS) is 14.5. The third-order valence-electron chi connectivity index (χ3n) is 5.01. The summed E-state index contributed by atoms with van der Waals surface area (Å²) < 4.78 is 5.22. The molecule has 1 aromatic heterocycles. The number of carbonyl (C=O) groups is 2. The van der Waals surface area contributed by atoms with E-state index in [4.69, 9.17) is 9.41 Å². The van der Waals surface area contributed by atoms with Crippen LogP contribution in [0.3, 0.4) is 0 Å². The van der Waals surface area contributed by atoms with Gasteiger partial charge in [-0.3, -0.25) is 14.6 Å². The van der Waals surface area contributed by atoms with E-state index in [1.807, 2.05) is 30.0 Å². The van der Waals surface area contributed by atoms with E-state index in [-0.39, 0.29) is 11.8 Å². The summed E-state index contributed by atoms with van der Waals surface area (Å²) in [6, 6.07) is 11.0. The number of hydrogen-bond acceptors (Lipinski definition) is 4. The Morgan fingerprint density at radius 3 is 2.53 bits per heavy atom. The molecule has 0 spiro atoms. The van der Waals surface area contributed by atoms with Gasteiger partial charge in [0.15, 0.2) is 11.7 Å². The van der Waals surface area contributed by atoms with Gasteiger partial charge in [0.25, 0.3) is 11.8 Å². The van der Waals surface area contributed by atoms with Crippen molar-refractivity contribution >= 4 is 17.8 Å². The van der Waals surface area contributed by atoms with Crippen molar-refractivity contribution in [2.45, 2.75) is 13.3 Å². The molecule has 1 saturated heterocycles. The quantitative estimate of drug-likeness (QED) is 0.557. The Labute approximate surface area is 176 Å². The molecule has 160 valence electrons. The second-order valence-electron chi connectivity index (χ2n) is 7.02. The van der Waals surface area contributed by atoms with Gasteiger partial charge in [-0.15, -0.1) is 0 Å². The highest BCUT2D eigenvalue weighted by atomic mass is 16.3. The lowest BCUT2D eigenvalue weighted by molar-refractivity contribution is 0.0657. The first kappa shape index (κ1) is 21.4. The maximum Gasteiger partial charge on any atom is 0.289 e. The largest absolute Gasteiger partial charge is 0.459 e. The molecule has 2 amide bonds. The second kappa shape index (κ2) is 10.5. The Morgan fingerprint density at radius 1 is 1.10 bits per heavy atom. The predicted octanol–water partition coefficient (Wildman–Crippen LogP) is 1.61. The monoisotopic (exact) mass is 411 g/mol. The summed E-state index contributed by atoms with van der Waals surface area (Å²) in [5, 5.41) is 5.98. The van der Waals surface area contributed by atoms with E-state index in [1.54, 1.807) is 25.2 Å². The first-order valence-electron chi connectivity index (χ1n) is 10.3. The smallest absolute Gasteiger partial charge is 0.289 e. The summed E-state index contributed by atoms with van der Waals surface area (Å²) in [5.41, 5.74) is 1.73.